The number of rotatable bonds is 2. The quantitative estimate of drug-likeness (QED) is 0.753. The van der Waals surface area contributed by atoms with E-state index in [0.29, 0.717) is 5.76 Å². The highest BCUT2D eigenvalue weighted by Crippen LogP contribution is 2.27. The zero-order valence-electron chi connectivity index (χ0n) is 7.40. The molecule has 1 atom stereocenters. The van der Waals surface area contributed by atoms with E-state index in [1.807, 2.05) is 0 Å². The van der Waals surface area contributed by atoms with Gasteiger partial charge in [0.2, 0.25) is 0 Å². The first-order valence-electron chi connectivity index (χ1n) is 4.58. The molecule has 1 aliphatic rings. The summed E-state index contributed by atoms with van der Waals surface area (Å²) in [6, 6.07) is 1.76. The minimum Gasteiger partial charge on any atom is -0.388 e. The maximum Gasteiger partial charge on any atom is 0.162 e. The molecule has 1 saturated heterocycles. The van der Waals surface area contributed by atoms with E-state index in [1.54, 1.807) is 6.07 Å². The van der Waals surface area contributed by atoms with Gasteiger partial charge < -0.3 is 14.4 Å². The molecule has 2 heterocycles. The highest BCUT2D eigenvalue weighted by atomic mass is 16.5. The Hall–Kier alpha value is -0.870. The van der Waals surface area contributed by atoms with Gasteiger partial charge in [-0.2, -0.15) is 0 Å². The second-order valence-corrected chi connectivity index (χ2v) is 3.23. The molecule has 1 N–H and O–H groups in total. The van der Waals surface area contributed by atoms with Crippen LogP contribution in [0.1, 0.15) is 36.8 Å². The van der Waals surface area contributed by atoms with Gasteiger partial charge in [-0.25, -0.2) is 0 Å². The Bertz CT molecular complexity index is 266. The molecule has 4 nitrogen and oxygen atoms in total. The van der Waals surface area contributed by atoms with Crippen LogP contribution in [0.2, 0.25) is 0 Å². The van der Waals surface area contributed by atoms with Crippen LogP contribution in [0, 0.1) is 0 Å². The lowest BCUT2D eigenvalue weighted by atomic mass is 10.1. The Balaban J connectivity index is 2.05. The van der Waals surface area contributed by atoms with Crippen LogP contribution in [0.15, 0.2) is 10.6 Å². The van der Waals surface area contributed by atoms with E-state index in [4.69, 9.17) is 14.4 Å². The van der Waals surface area contributed by atoms with Crippen molar-refractivity contribution in [1.82, 2.24) is 5.16 Å². The van der Waals surface area contributed by atoms with Gasteiger partial charge in [-0.1, -0.05) is 5.16 Å². The van der Waals surface area contributed by atoms with Crippen LogP contribution in [-0.4, -0.2) is 16.9 Å². The molecule has 0 radical (unpaired) electrons. The van der Waals surface area contributed by atoms with Crippen LogP contribution in [0.5, 0.6) is 0 Å². The van der Waals surface area contributed by atoms with E-state index < -0.39 is 0 Å². The number of aliphatic hydroxyl groups is 1. The lowest BCUT2D eigenvalue weighted by Gasteiger charge is -2.19. The third kappa shape index (κ3) is 1.89. The van der Waals surface area contributed by atoms with Gasteiger partial charge in [0.05, 0.1) is 0 Å². The van der Waals surface area contributed by atoms with Crippen LogP contribution >= 0.6 is 0 Å². The van der Waals surface area contributed by atoms with E-state index in [0.717, 1.165) is 25.1 Å². The van der Waals surface area contributed by atoms with E-state index >= 15 is 0 Å². The summed E-state index contributed by atoms with van der Waals surface area (Å²) in [7, 11) is 0. The molecule has 2 rings (SSSR count). The maximum atomic E-state index is 8.77. The van der Waals surface area contributed by atoms with E-state index in [-0.39, 0.29) is 12.7 Å². The molecule has 0 bridgehead atoms. The van der Waals surface area contributed by atoms with Crippen molar-refractivity contribution in [1.29, 1.82) is 0 Å². The van der Waals surface area contributed by atoms with Crippen LogP contribution < -0.4 is 0 Å². The van der Waals surface area contributed by atoms with Gasteiger partial charge in [0.25, 0.3) is 0 Å². The summed E-state index contributed by atoms with van der Waals surface area (Å²) in [5.41, 5.74) is 0.809. The van der Waals surface area contributed by atoms with Crippen LogP contribution in [0.3, 0.4) is 0 Å². The molecule has 1 aliphatic heterocycles. The summed E-state index contributed by atoms with van der Waals surface area (Å²) in [4.78, 5) is 0. The molecule has 72 valence electrons. The fraction of sp³-hybridized carbons (Fsp3) is 0.667. The van der Waals surface area contributed by atoms with Gasteiger partial charge in [-0.15, -0.1) is 0 Å². The van der Waals surface area contributed by atoms with Gasteiger partial charge in [-0.3, -0.25) is 0 Å². The van der Waals surface area contributed by atoms with Crippen molar-refractivity contribution in [2.75, 3.05) is 6.61 Å². The molecule has 1 unspecified atom stereocenters. The van der Waals surface area contributed by atoms with Gasteiger partial charge >= 0.3 is 0 Å². The van der Waals surface area contributed by atoms with Gasteiger partial charge in [0.15, 0.2) is 5.76 Å². The SMILES string of the molecule is OCc1cc(C2CCCCO2)no1. The van der Waals surface area contributed by atoms with E-state index in [9.17, 15) is 0 Å². The highest BCUT2D eigenvalue weighted by Gasteiger charge is 2.19. The molecule has 1 aromatic rings. The van der Waals surface area contributed by atoms with Crippen LogP contribution in [0.4, 0.5) is 0 Å². The third-order valence-electron chi connectivity index (χ3n) is 2.24. The number of aliphatic hydroxyl groups excluding tert-OH is 1. The van der Waals surface area contributed by atoms with Crippen molar-refractivity contribution in [3.63, 3.8) is 0 Å². The molecule has 0 amide bonds. The molecule has 13 heavy (non-hydrogen) atoms. The topological polar surface area (TPSA) is 55.5 Å². The average Bonchev–Trinajstić information content (AvgIpc) is 2.67. The molecule has 0 aromatic carbocycles. The lowest BCUT2D eigenvalue weighted by molar-refractivity contribution is 0.0105. The van der Waals surface area contributed by atoms with E-state index in [2.05, 4.69) is 5.16 Å². The lowest BCUT2D eigenvalue weighted by Crippen LogP contribution is -2.11. The van der Waals surface area contributed by atoms with Crippen molar-refractivity contribution < 1.29 is 14.4 Å². The second-order valence-electron chi connectivity index (χ2n) is 3.23. The zero-order chi connectivity index (χ0) is 9.10. The van der Waals surface area contributed by atoms with Crippen molar-refractivity contribution in [2.45, 2.75) is 32.0 Å². The fourth-order valence-corrected chi connectivity index (χ4v) is 1.53. The largest absolute Gasteiger partial charge is 0.388 e. The Morgan fingerprint density at radius 1 is 1.54 bits per heavy atom. The second kappa shape index (κ2) is 3.89. The first kappa shape index (κ1) is 8.72. The summed E-state index contributed by atoms with van der Waals surface area (Å²) in [6.07, 6.45) is 3.36. The van der Waals surface area contributed by atoms with Gasteiger partial charge in [0.1, 0.15) is 18.4 Å². The molecule has 0 saturated carbocycles. The van der Waals surface area contributed by atoms with Crippen molar-refractivity contribution >= 4 is 0 Å². The third-order valence-corrected chi connectivity index (χ3v) is 2.24. The standard InChI is InChI=1S/C9H13NO3/c11-6-7-5-8(10-13-7)9-3-1-2-4-12-9/h5,9,11H,1-4,6H2. The number of hydrogen-bond donors (Lipinski definition) is 1. The first-order chi connectivity index (χ1) is 6.40. The molecule has 1 fully saturated rings. The molecule has 1 aromatic heterocycles. The van der Waals surface area contributed by atoms with E-state index in [1.165, 1.54) is 6.42 Å². The smallest absolute Gasteiger partial charge is 0.162 e. The normalized spacial score (nSPS) is 23.3. The highest BCUT2D eigenvalue weighted by molar-refractivity contribution is 5.08. The number of ether oxygens (including phenoxy) is 1. The molecule has 4 heteroatoms. The van der Waals surface area contributed by atoms with Crippen LogP contribution in [-0.2, 0) is 11.3 Å². The van der Waals surface area contributed by atoms with Gasteiger partial charge in [-0.05, 0) is 19.3 Å². The van der Waals surface area contributed by atoms with Gasteiger partial charge in [0, 0.05) is 12.7 Å². The summed E-state index contributed by atoms with van der Waals surface area (Å²) in [5.74, 6) is 0.504. The zero-order valence-corrected chi connectivity index (χ0v) is 7.40. The Labute approximate surface area is 76.5 Å². The van der Waals surface area contributed by atoms with Crippen molar-refractivity contribution in [3.8, 4) is 0 Å². The summed E-state index contributed by atoms with van der Waals surface area (Å²) in [6.45, 7) is 0.700. The minimum absolute atomic E-state index is 0.0674. The number of nitrogens with zero attached hydrogens (tertiary/aromatic N) is 1. The Kier molecular flexibility index (Phi) is 2.61. The van der Waals surface area contributed by atoms with Crippen molar-refractivity contribution in [2.24, 2.45) is 0 Å². The maximum absolute atomic E-state index is 8.77. The fourth-order valence-electron chi connectivity index (χ4n) is 1.53. The molecular weight excluding hydrogens is 170 g/mol. The predicted molar refractivity (Wildman–Crippen MR) is 45.0 cm³/mol. The number of hydrogen-bond acceptors (Lipinski definition) is 4. The summed E-state index contributed by atoms with van der Waals surface area (Å²) >= 11 is 0. The first-order valence-corrected chi connectivity index (χ1v) is 4.58. The monoisotopic (exact) mass is 183 g/mol. The predicted octanol–water partition coefficient (Wildman–Crippen LogP) is 1.41. The van der Waals surface area contributed by atoms with Crippen molar-refractivity contribution in [3.05, 3.63) is 17.5 Å². The molecule has 0 spiro atoms. The Morgan fingerprint density at radius 3 is 3.08 bits per heavy atom. The molecular formula is C9H13NO3. The Morgan fingerprint density at radius 2 is 2.46 bits per heavy atom. The summed E-state index contributed by atoms with van der Waals surface area (Å²) in [5, 5.41) is 12.6. The molecule has 0 aliphatic carbocycles. The minimum atomic E-state index is -0.0975. The van der Waals surface area contributed by atoms with Crippen LogP contribution in [0.25, 0.3) is 0 Å². The summed E-state index contributed by atoms with van der Waals surface area (Å²) < 4.78 is 10.4. The number of aromatic nitrogens is 1. The average molecular weight is 183 g/mol.